The van der Waals surface area contributed by atoms with Gasteiger partial charge in [-0.25, -0.2) is 18.4 Å². The summed E-state index contributed by atoms with van der Waals surface area (Å²) in [5.74, 6) is 0.461. The van der Waals surface area contributed by atoms with Gasteiger partial charge >= 0.3 is 0 Å². The van der Waals surface area contributed by atoms with Crippen LogP contribution in [0, 0.1) is 6.92 Å². The Kier molecular flexibility index (Phi) is 4.31. The number of hydrogen-bond acceptors (Lipinski definition) is 7. The molecule has 1 aromatic carbocycles. The van der Waals surface area contributed by atoms with Gasteiger partial charge in [-0.15, -0.1) is 11.3 Å². The van der Waals surface area contributed by atoms with E-state index in [2.05, 4.69) is 9.97 Å². The molecule has 3 aromatic rings. The van der Waals surface area contributed by atoms with E-state index in [0.717, 1.165) is 25.7 Å². The molecular formula is C17H16N2O3S3. The van der Waals surface area contributed by atoms with Crippen molar-refractivity contribution >= 4 is 43.2 Å². The Balaban J connectivity index is 1.75. The quantitative estimate of drug-likeness (QED) is 0.691. The van der Waals surface area contributed by atoms with Gasteiger partial charge in [0.25, 0.3) is 0 Å². The van der Waals surface area contributed by atoms with Crippen molar-refractivity contribution < 1.29 is 13.5 Å². The molecule has 0 unspecified atom stereocenters. The van der Waals surface area contributed by atoms with Crippen LogP contribution in [0.4, 0.5) is 0 Å². The average Bonchev–Trinajstić information content (AvgIpc) is 3.08. The first-order chi connectivity index (χ1) is 11.9. The maximum atomic E-state index is 11.8. The van der Waals surface area contributed by atoms with Gasteiger partial charge in [0.2, 0.25) is 0 Å². The molecule has 0 amide bonds. The van der Waals surface area contributed by atoms with Crippen molar-refractivity contribution in [3.05, 3.63) is 42.2 Å². The standard InChI is InChI=1S/C17H16N2O3S3/c1-10-18-16-12(7-14(23-16)11-5-3-2-4-6-11)17(19-10)24-15-9-25(21,22)8-13(15)20/h2-7,13,15,20H,8-9H2,1H3/t13-,15+/m1/s1. The van der Waals surface area contributed by atoms with E-state index >= 15 is 0 Å². The largest absolute Gasteiger partial charge is 0.391 e. The molecule has 2 atom stereocenters. The van der Waals surface area contributed by atoms with Crippen molar-refractivity contribution in [3.8, 4) is 10.4 Å². The smallest absolute Gasteiger partial charge is 0.154 e. The number of benzene rings is 1. The minimum Gasteiger partial charge on any atom is -0.391 e. The van der Waals surface area contributed by atoms with Crippen molar-refractivity contribution in [1.82, 2.24) is 9.97 Å². The molecule has 25 heavy (non-hydrogen) atoms. The van der Waals surface area contributed by atoms with E-state index in [0.29, 0.717) is 5.82 Å². The maximum Gasteiger partial charge on any atom is 0.154 e. The number of aromatic nitrogens is 2. The minimum atomic E-state index is -3.18. The van der Waals surface area contributed by atoms with Gasteiger partial charge in [0.1, 0.15) is 15.7 Å². The molecule has 8 heteroatoms. The summed E-state index contributed by atoms with van der Waals surface area (Å²) in [4.78, 5) is 11.0. The fourth-order valence-corrected chi connectivity index (χ4v) is 7.67. The Morgan fingerprint density at radius 3 is 2.64 bits per heavy atom. The van der Waals surface area contributed by atoms with Crippen molar-refractivity contribution in [2.24, 2.45) is 0 Å². The molecule has 1 aliphatic heterocycles. The maximum absolute atomic E-state index is 11.8. The molecular weight excluding hydrogens is 376 g/mol. The lowest BCUT2D eigenvalue weighted by Crippen LogP contribution is -2.20. The molecule has 0 bridgehead atoms. The lowest BCUT2D eigenvalue weighted by molar-refractivity contribution is 0.207. The van der Waals surface area contributed by atoms with E-state index in [1.54, 1.807) is 11.3 Å². The zero-order valence-electron chi connectivity index (χ0n) is 13.4. The van der Waals surface area contributed by atoms with E-state index in [4.69, 9.17) is 0 Å². The van der Waals surface area contributed by atoms with Crippen LogP contribution in [0.5, 0.6) is 0 Å². The molecule has 0 saturated carbocycles. The molecule has 0 aliphatic carbocycles. The van der Waals surface area contributed by atoms with Crippen LogP contribution < -0.4 is 0 Å². The third-order valence-electron chi connectivity index (χ3n) is 4.06. The zero-order valence-corrected chi connectivity index (χ0v) is 15.9. The number of rotatable bonds is 3. The number of aliphatic hydroxyl groups excluding tert-OH is 1. The normalized spacial score (nSPS) is 22.5. The molecule has 3 heterocycles. The third kappa shape index (κ3) is 3.44. The van der Waals surface area contributed by atoms with Gasteiger partial charge in [0.15, 0.2) is 9.84 Å². The van der Waals surface area contributed by atoms with Gasteiger partial charge in [-0.05, 0) is 18.6 Å². The monoisotopic (exact) mass is 392 g/mol. The van der Waals surface area contributed by atoms with Gasteiger partial charge in [0.05, 0.1) is 22.9 Å². The minimum absolute atomic E-state index is 0.0148. The summed E-state index contributed by atoms with van der Waals surface area (Å²) in [6.45, 7) is 1.83. The Hall–Kier alpha value is -1.48. The molecule has 2 aromatic heterocycles. The summed E-state index contributed by atoms with van der Waals surface area (Å²) in [6, 6.07) is 12.1. The van der Waals surface area contributed by atoms with Gasteiger partial charge in [-0.3, -0.25) is 0 Å². The van der Waals surface area contributed by atoms with E-state index in [9.17, 15) is 13.5 Å². The van der Waals surface area contributed by atoms with E-state index in [-0.39, 0.29) is 16.8 Å². The SMILES string of the molecule is Cc1nc(S[C@H]2CS(=O)(=O)C[C@H]2O)c2cc(-c3ccccc3)sc2n1. The van der Waals surface area contributed by atoms with Crippen LogP contribution in [-0.4, -0.2) is 46.4 Å². The van der Waals surface area contributed by atoms with Crippen molar-refractivity contribution in [1.29, 1.82) is 0 Å². The lowest BCUT2D eigenvalue weighted by Gasteiger charge is -2.12. The highest BCUT2D eigenvalue weighted by atomic mass is 32.2. The molecule has 0 radical (unpaired) electrons. The highest BCUT2D eigenvalue weighted by molar-refractivity contribution is 8.02. The Bertz CT molecular complexity index is 1030. The van der Waals surface area contributed by atoms with Crippen LogP contribution in [0.15, 0.2) is 41.4 Å². The number of thiophene rings is 1. The molecule has 1 fully saturated rings. The van der Waals surface area contributed by atoms with E-state index in [1.165, 1.54) is 11.8 Å². The second-order valence-corrected chi connectivity index (χ2v) is 10.5. The number of fused-ring (bicyclic) bond motifs is 1. The number of aryl methyl sites for hydroxylation is 1. The molecule has 5 nitrogen and oxygen atoms in total. The summed E-state index contributed by atoms with van der Waals surface area (Å²) in [5, 5.41) is 11.3. The summed E-state index contributed by atoms with van der Waals surface area (Å²) in [7, 11) is -3.18. The van der Waals surface area contributed by atoms with Crippen LogP contribution in [0.25, 0.3) is 20.7 Å². The third-order valence-corrected chi connectivity index (χ3v) is 8.39. The first kappa shape index (κ1) is 17.0. The van der Waals surface area contributed by atoms with Gasteiger partial charge in [-0.2, -0.15) is 0 Å². The topological polar surface area (TPSA) is 80.2 Å². The highest BCUT2D eigenvalue weighted by Crippen LogP contribution is 2.39. The number of thioether (sulfide) groups is 1. The number of hydrogen-bond donors (Lipinski definition) is 1. The number of aliphatic hydroxyl groups is 1. The summed E-state index contributed by atoms with van der Waals surface area (Å²) in [5.41, 5.74) is 1.11. The van der Waals surface area contributed by atoms with Gasteiger partial charge in [-0.1, -0.05) is 42.1 Å². The van der Waals surface area contributed by atoms with Crippen molar-refractivity contribution in [3.63, 3.8) is 0 Å². The van der Waals surface area contributed by atoms with Crippen LogP contribution in [-0.2, 0) is 9.84 Å². The molecule has 0 spiro atoms. The molecule has 1 aliphatic rings. The molecule has 4 rings (SSSR count). The van der Waals surface area contributed by atoms with Crippen molar-refractivity contribution in [2.45, 2.75) is 23.3 Å². The Morgan fingerprint density at radius 2 is 1.96 bits per heavy atom. The fourth-order valence-electron chi connectivity index (χ4n) is 2.88. The predicted octanol–water partition coefficient (Wildman–Crippen LogP) is 2.92. The number of sulfone groups is 1. The molecule has 1 N–H and O–H groups in total. The second kappa shape index (κ2) is 6.35. The summed E-state index contributed by atoms with van der Waals surface area (Å²) >= 11 is 2.93. The summed E-state index contributed by atoms with van der Waals surface area (Å²) in [6.07, 6.45) is -0.854. The second-order valence-electron chi connectivity index (χ2n) is 6.07. The Morgan fingerprint density at radius 1 is 1.20 bits per heavy atom. The summed E-state index contributed by atoms with van der Waals surface area (Å²) < 4.78 is 23.5. The predicted molar refractivity (Wildman–Crippen MR) is 102 cm³/mol. The molecule has 130 valence electrons. The van der Waals surface area contributed by atoms with Crippen LogP contribution >= 0.6 is 23.1 Å². The molecule has 1 saturated heterocycles. The fraction of sp³-hybridized carbons (Fsp3) is 0.294. The van der Waals surface area contributed by atoms with E-state index in [1.807, 2.05) is 43.3 Å². The first-order valence-corrected chi connectivity index (χ1v) is 11.3. The Labute approximate surface area is 154 Å². The van der Waals surface area contributed by atoms with Crippen LogP contribution in [0.1, 0.15) is 5.82 Å². The van der Waals surface area contributed by atoms with Gasteiger partial charge in [0, 0.05) is 10.3 Å². The van der Waals surface area contributed by atoms with Crippen LogP contribution in [0.2, 0.25) is 0 Å². The number of nitrogens with zero attached hydrogens (tertiary/aromatic N) is 2. The van der Waals surface area contributed by atoms with Crippen molar-refractivity contribution in [2.75, 3.05) is 11.5 Å². The highest BCUT2D eigenvalue weighted by Gasteiger charge is 2.37. The van der Waals surface area contributed by atoms with Crippen LogP contribution in [0.3, 0.4) is 0 Å². The lowest BCUT2D eigenvalue weighted by atomic mass is 10.2. The van der Waals surface area contributed by atoms with Gasteiger partial charge < -0.3 is 5.11 Å². The van der Waals surface area contributed by atoms with E-state index < -0.39 is 15.9 Å². The zero-order chi connectivity index (χ0) is 17.6. The first-order valence-electron chi connectivity index (χ1n) is 7.80. The average molecular weight is 393 g/mol.